The van der Waals surface area contributed by atoms with Gasteiger partial charge in [-0.2, -0.15) is 13.2 Å². The van der Waals surface area contributed by atoms with Gasteiger partial charge in [0, 0.05) is 37.3 Å². The highest BCUT2D eigenvalue weighted by Gasteiger charge is 2.27. The van der Waals surface area contributed by atoms with Crippen LogP contribution < -0.4 is 16.0 Å². The van der Waals surface area contributed by atoms with E-state index in [9.17, 15) is 27.6 Å². The third-order valence-corrected chi connectivity index (χ3v) is 3.85. The number of nitrogens with one attached hydrogen (secondary N) is 3. The fourth-order valence-corrected chi connectivity index (χ4v) is 2.63. The summed E-state index contributed by atoms with van der Waals surface area (Å²) in [5.41, 5.74) is 2.24. The van der Waals surface area contributed by atoms with E-state index in [1.807, 2.05) is 0 Å². The Hall–Kier alpha value is -3.40. The minimum atomic E-state index is -4.37. The lowest BCUT2D eigenvalue weighted by atomic mass is 10.1. The molecule has 0 atom stereocenters. The van der Waals surface area contributed by atoms with E-state index in [1.165, 1.54) is 32.0 Å². The molecule has 0 aromatic heterocycles. The van der Waals surface area contributed by atoms with Crippen LogP contribution in [0.2, 0.25) is 0 Å². The third kappa shape index (κ3) is 8.87. The van der Waals surface area contributed by atoms with Crippen LogP contribution in [0.25, 0.3) is 0 Å². The number of carbonyl (C=O) groups is 3. The van der Waals surface area contributed by atoms with Gasteiger partial charge in [0.1, 0.15) is 6.61 Å². The van der Waals surface area contributed by atoms with Crippen LogP contribution in [0.3, 0.4) is 0 Å². The molecule has 0 fully saturated rings. The van der Waals surface area contributed by atoms with Crippen LogP contribution in [0.4, 0.5) is 24.5 Å². The maximum absolute atomic E-state index is 12.5. The second-order valence-electron chi connectivity index (χ2n) is 6.77. The van der Waals surface area contributed by atoms with E-state index < -0.39 is 18.7 Å². The van der Waals surface area contributed by atoms with E-state index in [-0.39, 0.29) is 30.5 Å². The fraction of sp³-hybridized carbons (Fsp3) is 0.286. The molecule has 0 heterocycles. The van der Waals surface area contributed by atoms with E-state index in [1.54, 1.807) is 24.3 Å². The van der Waals surface area contributed by atoms with Crippen LogP contribution in [0.15, 0.2) is 42.5 Å². The Balaban J connectivity index is 1.99. The number of amides is 3. The van der Waals surface area contributed by atoms with Crippen molar-refractivity contribution in [3.63, 3.8) is 0 Å². The molecule has 0 saturated heterocycles. The van der Waals surface area contributed by atoms with Crippen molar-refractivity contribution in [1.82, 2.24) is 5.32 Å². The molecule has 0 aliphatic heterocycles. The zero-order valence-corrected chi connectivity index (χ0v) is 16.9. The van der Waals surface area contributed by atoms with E-state index in [2.05, 4.69) is 20.7 Å². The number of halogens is 3. The molecule has 31 heavy (non-hydrogen) atoms. The van der Waals surface area contributed by atoms with Crippen molar-refractivity contribution in [2.75, 3.05) is 17.2 Å². The summed E-state index contributed by atoms with van der Waals surface area (Å²) in [6.07, 6.45) is -4.37. The Kier molecular flexibility index (Phi) is 8.14. The van der Waals surface area contributed by atoms with Crippen molar-refractivity contribution in [3.05, 3.63) is 59.2 Å². The first kappa shape index (κ1) is 23.9. The summed E-state index contributed by atoms with van der Waals surface area (Å²) in [5, 5.41) is 7.85. The Morgan fingerprint density at radius 2 is 1.39 bits per heavy atom. The molecule has 2 aromatic carbocycles. The number of alkyl halides is 3. The number of hydrogen-bond acceptors (Lipinski definition) is 4. The number of rotatable bonds is 8. The lowest BCUT2D eigenvalue weighted by Gasteiger charge is -2.11. The monoisotopic (exact) mass is 437 g/mol. The fourth-order valence-electron chi connectivity index (χ4n) is 2.63. The molecule has 0 bridgehead atoms. The quantitative estimate of drug-likeness (QED) is 0.588. The standard InChI is InChI=1S/C21H22F3N3O4/c1-13(28)26-18-7-17(8-19(9-18)27-14(2)29)20(30)25-10-15-3-5-16(6-4-15)11-31-12-21(22,23)24/h3-9H,10-12H2,1-2H3,(H,25,30)(H,26,28)(H,27,29). The van der Waals surface area contributed by atoms with Gasteiger partial charge in [0.25, 0.3) is 5.91 Å². The normalized spacial score (nSPS) is 11.0. The summed E-state index contributed by atoms with van der Waals surface area (Å²) in [7, 11) is 0. The average molecular weight is 437 g/mol. The van der Waals surface area contributed by atoms with Gasteiger partial charge < -0.3 is 20.7 Å². The highest BCUT2D eigenvalue weighted by Crippen LogP contribution is 2.20. The van der Waals surface area contributed by atoms with Gasteiger partial charge in [-0.15, -0.1) is 0 Å². The third-order valence-electron chi connectivity index (χ3n) is 3.85. The Morgan fingerprint density at radius 3 is 1.87 bits per heavy atom. The number of benzene rings is 2. The van der Waals surface area contributed by atoms with Gasteiger partial charge in [0.2, 0.25) is 11.8 Å². The number of carbonyl (C=O) groups excluding carboxylic acids is 3. The van der Waals surface area contributed by atoms with Gasteiger partial charge in [0.05, 0.1) is 6.61 Å². The summed E-state index contributed by atoms with van der Waals surface area (Å²) in [6, 6.07) is 11.0. The van der Waals surface area contributed by atoms with Crippen LogP contribution in [0, 0.1) is 0 Å². The second-order valence-corrected chi connectivity index (χ2v) is 6.77. The van der Waals surface area contributed by atoms with Gasteiger partial charge >= 0.3 is 6.18 Å². The molecule has 7 nitrogen and oxygen atoms in total. The molecule has 2 rings (SSSR count). The first-order valence-corrected chi connectivity index (χ1v) is 9.22. The van der Waals surface area contributed by atoms with Crippen LogP contribution in [-0.2, 0) is 27.5 Å². The molecule has 0 unspecified atom stereocenters. The predicted molar refractivity (Wildman–Crippen MR) is 108 cm³/mol. The maximum Gasteiger partial charge on any atom is 0.411 e. The number of anilines is 2. The smallest absolute Gasteiger partial charge is 0.367 e. The first-order chi connectivity index (χ1) is 14.5. The lowest BCUT2D eigenvalue weighted by molar-refractivity contribution is -0.176. The lowest BCUT2D eigenvalue weighted by Crippen LogP contribution is -2.23. The van der Waals surface area contributed by atoms with Crippen molar-refractivity contribution in [2.24, 2.45) is 0 Å². The second kappa shape index (κ2) is 10.6. The predicted octanol–water partition coefficient (Wildman–Crippen LogP) is 3.61. The highest BCUT2D eigenvalue weighted by atomic mass is 19.4. The summed E-state index contributed by atoms with van der Waals surface area (Å²) < 4.78 is 40.9. The Bertz CT molecular complexity index is 910. The maximum atomic E-state index is 12.5. The Morgan fingerprint density at radius 1 is 0.871 bits per heavy atom. The molecular weight excluding hydrogens is 415 g/mol. The summed E-state index contributed by atoms with van der Waals surface area (Å²) in [4.78, 5) is 35.2. The molecule has 166 valence electrons. The van der Waals surface area contributed by atoms with Gasteiger partial charge in [-0.3, -0.25) is 14.4 Å². The van der Waals surface area contributed by atoms with E-state index in [4.69, 9.17) is 0 Å². The van der Waals surface area contributed by atoms with Crippen LogP contribution >= 0.6 is 0 Å². The first-order valence-electron chi connectivity index (χ1n) is 9.22. The van der Waals surface area contributed by atoms with Crippen molar-refractivity contribution in [3.8, 4) is 0 Å². The van der Waals surface area contributed by atoms with Crippen LogP contribution in [-0.4, -0.2) is 30.5 Å². The van der Waals surface area contributed by atoms with Gasteiger partial charge in [-0.1, -0.05) is 24.3 Å². The van der Waals surface area contributed by atoms with E-state index in [0.717, 1.165) is 5.56 Å². The van der Waals surface area contributed by atoms with Crippen molar-refractivity contribution in [2.45, 2.75) is 33.2 Å². The molecule has 2 aromatic rings. The molecule has 0 spiro atoms. The van der Waals surface area contributed by atoms with Crippen molar-refractivity contribution >= 4 is 29.1 Å². The molecular formula is C21H22F3N3O4. The SMILES string of the molecule is CC(=O)Nc1cc(NC(C)=O)cc(C(=O)NCc2ccc(COCC(F)(F)F)cc2)c1. The molecule has 0 aliphatic rings. The minimum Gasteiger partial charge on any atom is -0.367 e. The average Bonchev–Trinajstić information content (AvgIpc) is 2.65. The topological polar surface area (TPSA) is 96.5 Å². The summed E-state index contributed by atoms with van der Waals surface area (Å²) in [5.74, 6) is -1.09. The van der Waals surface area contributed by atoms with Gasteiger partial charge in [0.15, 0.2) is 0 Å². The largest absolute Gasteiger partial charge is 0.411 e. The molecule has 3 N–H and O–H groups in total. The molecule has 0 aliphatic carbocycles. The van der Waals surface area contributed by atoms with E-state index in [0.29, 0.717) is 16.9 Å². The highest BCUT2D eigenvalue weighted by molar-refractivity contribution is 5.99. The van der Waals surface area contributed by atoms with Crippen molar-refractivity contribution in [1.29, 1.82) is 0 Å². The molecule has 0 saturated carbocycles. The van der Waals surface area contributed by atoms with Crippen LogP contribution in [0.1, 0.15) is 35.3 Å². The summed E-state index contributed by atoms with van der Waals surface area (Å²) >= 11 is 0. The van der Waals surface area contributed by atoms with Gasteiger partial charge in [-0.25, -0.2) is 0 Å². The van der Waals surface area contributed by atoms with Crippen LogP contribution in [0.5, 0.6) is 0 Å². The zero-order chi connectivity index (χ0) is 23.0. The van der Waals surface area contributed by atoms with Gasteiger partial charge in [-0.05, 0) is 29.3 Å². The zero-order valence-electron chi connectivity index (χ0n) is 16.9. The molecule has 10 heteroatoms. The molecule has 3 amide bonds. The van der Waals surface area contributed by atoms with Crippen molar-refractivity contribution < 1.29 is 32.3 Å². The Labute approximate surface area is 177 Å². The van der Waals surface area contributed by atoms with E-state index >= 15 is 0 Å². The molecule has 0 radical (unpaired) electrons. The summed E-state index contributed by atoms with van der Waals surface area (Å²) in [6.45, 7) is 1.32. The number of ether oxygens (including phenoxy) is 1. The minimum absolute atomic E-state index is 0.169. The number of hydrogen-bond donors (Lipinski definition) is 3.